The Labute approximate surface area is 366 Å². The number of allylic oxidation sites excluding steroid dienone is 14. The zero-order valence-electron chi connectivity index (χ0n) is 37.9. The minimum absolute atomic E-state index is 0.0468. The third-order valence-electron chi connectivity index (χ3n) is 9.52. The lowest BCUT2D eigenvalue weighted by molar-refractivity contribution is -0.161. The lowest BCUT2D eigenvalue weighted by Gasteiger charge is -2.19. The maximum Gasteiger partial charge on any atom is 0.472 e. The van der Waals surface area contributed by atoms with Crippen LogP contribution in [0.4, 0.5) is 0 Å². The van der Waals surface area contributed by atoms with Crippen molar-refractivity contribution in [3.05, 3.63) is 85.1 Å². The number of ether oxygens (including phenoxy) is 2. The summed E-state index contributed by atoms with van der Waals surface area (Å²) in [5.41, 5.74) is 5.35. The molecule has 0 saturated heterocycles. The van der Waals surface area contributed by atoms with Gasteiger partial charge in [-0.05, 0) is 89.9 Å². The Kier molecular flexibility index (Phi) is 43.6. The number of carbonyl (C=O) groups is 2. The fraction of sp³-hybridized carbons (Fsp3) is 0.680. The molecule has 3 N–H and O–H groups in total. The SMILES string of the molecule is CC/C=C\C/C=C\C/C=C\C/C=C\C/C=C\C/C=C\CCCCCCCCCCC(=O)OC(COC(=O)CCCCCCC/C=C\CCCCC)COP(=O)(O)OCCN. The molecule has 2 unspecified atom stereocenters. The summed E-state index contributed by atoms with van der Waals surface area (Å²) in [5.74, 6) is -0.855. The van der Waals surface area contributed by atoms with Crippen molar-refractivity contribution in [2.24, 2.45) is 5.73 Å². The fourth-order valence-electron chi connectivity index (χ4n) is 6.04. The number of phosphoric acid groups is 1. The average Bonchev–Trinajstić information content (AvgIpc) is 3.24. The van der Waals surface area contributed by atoms with Gasteiger partial charge < -0.3 is 20.1 Å². The molecule has 0 aromatic carbocycles. The number of hydrogen-bond donors (Lipinski definition) is 2. The van der Waals surface area contributed by atoms with Crippen molar-refractivity contribution in [1.29, 1.82) is 0 Å². The Bertz CT molecular complexity index is 1250. The molecule has 0 saturated carbocycles. The van der Waals surface area contributed by atoms with Crippen LogP contribution < -0.4 is 5.73 Å². The summed E-state index contributed by atoms with van der Waals surface area (Å²) < 4.78 is 32.8. The van der Waals surface area contributed by atoms with Crippen LogP contribution >= 0.6 is 7.82 Å². The lowest BCUT2D eigenvalue weighted by Crippen LogP contribution is -2.29. The van der Waals surface area contributed by atoms with Gasteiger partial charge in [0.1, 0.15) is 6.61 Å². The summed E-state index contributed by atoms with van der Waals surface area (Å²) in [6.07, 6.45) is 57.6. The highest BCUT2D eigenvalue weighted by Crippen LogP contribution is 2.43. The number of carbonyl (C=O) groups excluding carboxylic acids is 2. The minimum atomic E-state index is -4.39. The van der Waals surface area contributed by atoms with Crippen LogP contribution in [0.2, 0.25) is 0 Å². The van der Waals surface area contributed by atoms with Crippen LogP contribution in [0, 0.1) is 0 Å². The maximum absolute atomic E-state index is 12.6. The molecule has 344 valence electrons. The summed E-state index contributed by atoms with van der Waals surface area (Å²) >= 11 is 0. The van der Waals surface area contributed by atoms with Crippen molar-refractivity contribution in [3.8, 4) is 0 Å². The van der Waals surface area contributed by atoms with E-state index in [0.717, 1.165) is 109 Å². The van der Waals surface area contributed by atoms with E-state index in [1.165, 1.54) is 44.9 Å². The van der Waals surface area contributed by atoms with E-state index in [9.17, 15) is 19.0 Å². The van der Waals surface area contributed by atoms with Crippen molar-refractivity contribution in [3.63, 3.8) is 0 Å². The molecule has 9 nitrogen and oxygen atoms in total. The highest BCUT2D eigenvalue weighted by Gasteiger charge is 2.26. The third kappa shape index (κ3) is 44.7. The molecular formula is C50H86NO8P. The first kappa shape index (κ1) is 57.2. The van der Waals surface area contributed by atoms with Gasteiger partial charge in [-0.1, -0.05) is 170 Å². The molecule has 0 fully saturated rings. The van der Waals surface area contributed by atoms with Gasteiger partial charge in [0.15, 0.2) is 6.10 Å². The molecule has 0 bridgehead atoms. The molecule has 0 aromatic heterocycles. The normalized spacial score (nSPS) is 14.0. The molecule has 0 aliphatic carbocycles. The first-order chi connectivity index (χ1) is 29.3. The van der Waals surface area contributed by atoms with E-state index >= 15 is 0 Å². The molecule has 0 amide bonds. The van der Waals surface area contributed by atoms with E-state index in [1.54, 1.807) is 0 Å². The van der Waals surface area contributed by atoms with Crippen LogP contribution in [0.15, 0.2) is 85.1 Å². The highest BCUT2D eigenvalue weighted by molar-refractivity contribution is 7.47. The van der Waals surface area contributed by atoms with Crippen LogP contribution in [0.5, 0.6) is 0 Å². The topological polar surface area (TPSA) is 134 Å². The van der Waals surface area contributed by atoms with Gasteiger partial charge in [0.25, 0.3) is 0 Å². The number of phosphoric ester groups is 1. The smallest absolute Gasteiger partial charge is 0.462 e. The van der Waals surface area contributed by atoms with E-state index in [0.29, 0.717) is 6.42 Å². The van der Waals surface area contributed by atoms with Crippen molar-refractivity contribution in [2.45, 2.75) is 193 Å². The molecule has 0 rings (SSSR count). The standard InChI is InChI=1S/C50H86NO8P/c1-3-5-7-9-11-13-15-17-18-19-20-21-22-23-24-25-26-27-28-29-30-31-33-35-37-39-41-43-50(53)59-48(47-58-60(54,55)57-45-44-51)46-56-49(52)42-40-38-36-34-32-16-14-12-10-8-6-4-2/h5,7,11-14,17-18,20-21,23-24,26-27,48H,3-4,6,8-10,15-16,19,22,25,28-47,51H2,1-2H3,(H,54,55)/b7-5-,13-11-,14-12-,18-17-,21-20-,24-23-,27-26-. The molecular weight excluding hydrogens is 774 g/mol. The molecule has 60 heavy (non-hydrogen) atoms. The molecule has 0 aliphatic heterocycles. The average molecular weight is 860 g/mol. The predicted molar refractivity (Wildman–Crippen MR) is 252 cm³/mol. The molecule has 0 aromatic rings. The second-order valence-corrected chi connectivity index (χ2v) is 16.7. The van der Waals surface area contributed by atoms with Crippen molar-refractivity contribution < 1.29 is 37.6 Å². The number of esters is 2. The van der Waals surface area contributed by atoms with Crippen LogP contribution in [-0.4, -0.2) is 49.3 Å². The van der Waals surface area contributed by atoms with Crippen molar-refractivity contribution >= 4 is 19.8 Å². The van der Waals surface area contributed by atoms with Crippen LogP contribution in [-0.2, 0) is 32.7 Å². The zero-order chi connectivity index (χ0) is 43.9. The van der Waals surface area contributed by atoms with Gasteiger partial charge in [-0.25, -0.2) is 4.57 Å². The lowest BCUT2D eigenvalue weighted by atomic mass is 10.1. The molecule has 2 atom stereocenters. The molecule has 0 heterocycles. The van der Waals surface area contributed by atoms with E-state index < -0.39 is 32.5 Å². The maximum atomic E-state index is 12.6. The van der Waals surface area contributed by atoms with E-state index in [1.807, 2.05) is 0 Å². The predicted octanol–water partition coefficient (Wildman–Crippen LogP) is 14.0. The number of hydrogen-bond acceptors (Lipinski definition) is 8. The van der Waals surface area contributed by atoms with Gasteiger partial charge >= 0.3 is 19.8 Å². The summed E-state index contributed by atoms with van der Waals surface area (Å²) in [5, 5.41) is 0. The highest BCUT2D eigenvalue weighted by atomic mass is 31.2. The Balaban J connectivity index is 4.09. The van der Waals surface area contributed by atoms with Gasteiger partial charge in [0.05, 0.1) is 13.2 Å². The second-order valence-electron chi connectivity index (χ2n) is 15.2. The quantitative estimate of drug-likeness (QED) is 0.0266. The third-order valence-corrected chi connectivity index (χ3v) is 10.5. The Morgan fingerprint density at radius 1 is 0.517 bits per heavy atom. The largest absolute Gasteiger partial charge is 0.472 e. The Morgan fingerprint density at radius 3 is 1.38 bits per heavy atom. The zero-order valence-corrected chi connectivity index (χ0v) is 38.8. The van der Waals surface area contributed by atoms with E-state index in [4.69, 9.17) is 24.3 Å². The van der Waals surface area contributed by atoms with E-state index in [2.05, 4.69) is 98.9 Å². The fourth-order valence-corrected chi connectivity index (χ4v) is 6.81. The van der Waals surface area contributed by atoms with Gasteiger partial charge in [0, 0.05) is 19.4 Å². The molecule has 0 aliphatic rings. The number of rotatable bonds is 43. The first-order valence-electron chi connectivity index (χ1n) is 23.6. The van der Waals surface area contributed by atoms with Crippen LogP contribution in [0.1, 0.15) is 187 Å². The monoisotopic (exact) mass is 860 g/mol. The van der Waals surface area contributed by atoms with Crippen LogP contribution in [0.25, 0.3) is 0 Å². The molecule has 0 radical (unpaired) electrons. The first-order valence-corrected chi connectivity index (χ1v) is 25.1. The molecule has 10 heteroatoms. The molecule has 0 spiro atoms. The van der Waals surface area contributed by atoms with Gasteiger partial charge in [0.2, 0.25) is 0 Å². The van der Waals surface area contributed by atoms with Gasteiger partial charge in [-0.15, -0.1) is 0 Å². The van der Waals surface area contributed by atoms with E-state index in [-0.39, 0.29) is 32.6 Å². The summed E-state index contributed by atoms with van der Waals surface area (Å²) in [6, 6.07) is 0. The van der Waals surface area contributed by atoms with Crippen molar-refractivity contribution in [1.82, 2.24) is 0 Å². The Hall–Kier alpha value is -2.81. The van der Waals surface area contributed by atoms with Crippen molar-refractivity contribution in [2.75, 3.05) is 26.4 Å². The van der Waals surface area contributed by atoms with Gasteiger partial charge in [-0.2, -0.15) is 0 Å². The summed E-state index contributed by atoms with van der Waals surface area (Å²) in [4.78, 5) is 34.9. The Morgan fingerprint density at radius 2 is 0.917 bits per heavy atom. The minimum Gasteiger partial charge on any atom is -0.462 e. The summed E-state index contributed by atoms with van der Waals surface area (Å²) in [7, 11) is -4.39. The van der Waals surface area contributed by atoms with Crippen LogP contribution in [0.3, 0.4) is 0 Å². The summed E-state index contributed by atoms with van der Waals surface area (Å²) in [6.45, 7) is 3.56. The second kappa shape index (κ2) is 45.7. The number of nitrogens with two attached hydrogens (primary N) is 1. The van der Waals surface area contributed by atoms with Gasteiger partial charge in [-0.3, -0.25) is 18.6 Å². The number of unbranched alkanes of at least 4 members (excludes halogenated alkanes) is 16.